The van der Waals surface area contributed by atoms with E-state index >= 15 is 0 Å². The van der Waals surface area contributed by atoms with E-state index in [0.29, 0.717) is 11.6 Å². The van der Waals surface area contributed by atoms with Crippen LogP contribution in [-0.2, 0) is 6.42 Å². The Morgan fingerprint density at radius 1 is 1.19 bits per heavy atom. The summed E-state index contributed by atoms with van der Waals surface area (Å²) in [6.45, 7) is 4.71. The zero-order chi connectivity index (χ0) is 25.4. The van der Waals surface area contributed by atoms with Crippen molar-refractivity contribution in [3.63, 3.8) is 0 Å². The van der Waals surface area contributed by atoms with Gasteiger partial charge < -0.3 is 21.3 Å². The van der Waals surface area contributed by atoms with Gasteiger partial charge in [0, 0.05) is 31.3 Å². The van der Waals surface area contributed by atoms with Crippen LogP contribution < -0.4 is 21.3 Å². The largest absolute Gasteiger partial charge is 0.397 e. The quantitative estimate of drug-likeness (QED) is 0.471. The third-order valence-corrected chi connectivity index (χ3v) is 6.69. The summed E-state index contributed by atoms with van der Waals surface area (Å²) < 4.78 is 43.4. The normalized spacial score (nSPS) is 17.3. The average molecular weight is 497 g/mol. The molecule has 1 aromatic carbocycles. The van der Waals surface area contributed by atoms with E-state index in [1.165, 1.54) is 0 Å². The number of aromatic nitrogens is 2. The topological polar surface area (TPSA) is 96.2 Å². The molecule has 188 valence electrons. The molecular formula is C26H27F3N6O. The first kappa shape index (κ1) is 23.9. The van der Waals surface area contributed by atoms with Gasteiger partial charge in [-0.3, -0.25) is 4.79 Å². The fraction of sp³-hybridized carbons (Fsp3) is 0.346. The second-order valence-corrected chi connectivity index (χ2v) is 9.38. The van der Waals surface area contributed by atoms with Crippen LogP contribution in [0.3, 0.4) is 0 Å². The highest BCUT2D eigenvalue weighted by atomic mass is 19.1. The Hall–Kier alpha value is -3.82. The molecule has 0 bridgehead atoms. The number of nitrogen functional groups attached to an aromatic ring is 1. The Bertz CT molecular complexity index is 1310. The molecule has 2 aromatic heterocycles. The van der Waals surface area contributed by atoms with Crippen molar-refractivity contribution in [3.05, 3.63) is 59.2 Å². The van der Waals surface area contributed by atoms with Crippen LogP contribution in [0.4, 0.5) is 36.1 Å². The molecule has 10 heteroatoms. The molecule has 0 saturated carbocycles. The Kier molecular flexibility index (Phi) is 6.42. The molecule has 2 aliphatic rings. The number of hydrogen-bond donors (Lipinski definition) is 3. The molecule has 1 atom stereocenters. The van der Waals surface area contributed by atoms with E-state index in [4.69, 9.17) is 5.73 Å². The third-order valence-electron chi connectivity index (χ3n) is 6.69. The van der Waals surface area contributed by atoms with Gasteiger partial charge in [-0.05, 0) is 43.7 Å². The minimum Gasteiger partial charge on any atom is -0.397 e. The number of hydrogen-bond acceptors (Lipinski definition) is 6. The molecule has 4 heterocycles. The lowest BCUT2D eigenvalue weighted by Gasteiger charge is -2.36. The van der Waals surface area contributed by atoms with Gasteiger partial charge in [-0.25, -0.2) is 23.1 Å². The van der Waals surface area contributed by atoms with Crippen LogP contribution in [-0.4, -0.2) is 35.5 Å². The van der Waals surface area contributed by atoms with Crippen molar-refractivity contribution in [3.8, 4) is 11.3 Å². The molecule has 0 aliphatic carbocycles. The molecule has 1 saturated heterocycles. The van der Waals surface area contributed by atoms with Gasteiger partial charge in [-0.2, -0.15) is 0 Å². The van der Waals surface area contributed by atoms with Gasteiger partial charge in [-0.1, -0.05) is 13.0 Å². The number of fused-ring (bicyclic) bond motifs is 1. The summed E-state index contributed by atoms with van der Waals surface area (Å²) >= 11 is 0. The number of benzene rings is 1. The molecule has 5 rings (SSSR count). The van der Waals surface area contributed by atoms with Crippen molar-refractivity contribution in [2.75, 3.05) is 40.9 Å². The summed E-state index contributed by atoms with van der Waals surface area (Å²) in [5.74, 6) is -2.45. The fourth-order valence-corrected chi connectivity index (χ4v) is 5.01. The first-order valence-corrected chi connectivity index (χ1v) is 12.1. The zero-order valence-electron chi connectivity index (χ0n) is 19.9. The lowest BCUT2D eigenvalue weighted by Crippen LogP contribution is -2.36. The highest BCUT2D eigenvalue weighted by Crippen LogP contribution is 2.39. The summed E-state index contributed by atoms with van der Waals surface area (Å²) in [7, 11) is 0. The van der Waals surface area contributed by atoms with Crippen LogP contribution in [0.25, 0.3) is 11.3 Å². The van der Waals surface area contributed by atoms with Gasteiger partial charge in [0.05, 0.1) is 28.8 Å². The maximum absolute atomic E-state index is 14.7. The number of nitrogens with two attached hydrogens (primary N) is 1. The average Bonchev–Trinajstić information content (AvgIpc) is 2.85. The minimum absolute atomic E-state index is 0.244. The highest BCUT2D eigenvalue weighted by molar-refractivity contribution is 6.08. The number of anilines is 4. The van der Waals surface area contributed by atoms with Crippen LogP contribution in [0.1, 0.15) is 42.2 Å². The molecule has 7 nitrogen and oxygen atoms in total. The summed E-state index contributed by atoms with van der Waals surface area (Å²) in [4.78, 5) is 24.1. The van der Waals surface area contributed by atoms with E-state index in [1.807, 2.05) is 0 Å². The van der Waals surface area contributed by atoms with E-state index in [9.17, 15) is 18.0 Å². The number of halogens is 3. The lowest BCUT2D eigenvalue weighted by atomic mass is 9.97. The van der Waals surface area contributed by atoms with Gasteiger partial charge in [0.15, 0.2) is 11.5 Å². The van der Waals surface area contributed by atoms with E-state index < -0.39 is 34.6 Å². The van der Waals surface area contributed by atoms with Crippen LogP contribution in [0.5, 0.6) is 0 Å². The van der Waals surface area contributed by atoms with Crippen molar-refractivity contribution in [2.45, 2.75) is 32.6 Å². The number of amides is 1. The number of carbonyl (C=O) groups excluding carboxylic acids is 1. The summed E-state index contributed by atoms with van der Waals surface area (Å²) in [5.41, 5.74) is 6.48. The van der Waals surface area contributed by atoms with Gasteiger partial charge in [0.25, 0.3) is 5.91 Å². The maximum atomic E-state index is 14.7. The van der Waals surface area contributed by atoms with Crippen molar-refractivity contribution in [2.24, 2.45) is 5.92 Å². The Morgan fingerprint density at radius 3 is 2.72 bits per heavy atom. The molecule has 2 aliphatic heterocycles. The molecule has 0 spiro atoms. The second-order valence-electron chi connectivity index (χ2n) is 9.38. The summed E-state index contributed by atoms with van der Waals surface area (Å²) in [6.07, 6.45) is 5.50. The summed E-state index contributed by atoms with van der Waals surface area (Å²) in [5, 5.41) is 6.16. The van der Waals surface area contributed by atoms with E-state index in [2.05, 4.69) is 32.4 Å². The number of carbonyl (C=O) groups is 1. The Labute approximate surface area is 206 Å². The van der Waals surface area contributed by atoms with Gasteiger partial charge >= 0.3 is 0 Å². The Balaban J connectivity index is 1.54. The number of nitrogens with zero attached hydrogens (tertiary/aromatic N) is 3. The SMILES string of the molecule is C[C@H]1CCCN(c2c(NC(=O)c3nc(-c4c(F)cccc4F)c(F)cc3N)cnc3c2CCCN3)C1. The lowest BCUT2D eigenvalue weighted by molar-refractivity contribution is 0.102. The molecule has 0 radical (unpaired) electrons. The van der Waals surface area contributed by atoms with Crippen molar-refractivity contribution in [1.29, 1.82) is 0 Å². The molecule has 3 aromatic rings. The monoisotopic (exact) mass is 496 g/mol. The third kappa shape index (κ3) is 4.43. The highest BCUT2D eigenvalue weighted by Gasteiger charge is 2.28. The van der Waals surface area contributed by atoms with Crippen molar-refractivity contribution in [1.82, 2.24) is 9.97 Å². The van der Waals surface area contributed by atoms with Crippen LogP contribution in [0.15, 0.2) is 30.5 Å². The van der Waals surface area contributed by atoms with Crippen LogP contribution in [0.2, 0.25) is 0 Å². The minimum atomic E-state index is -1.03. The molecular weight excluding hydrogens is 469 g/mol. The van der Waals surface area contributed by atoms with E-state index in [1.54, 1.807) is 6.20 Å². The molecule has 4 N–H and O–H groups in total. The molecule has 1 fully saturated rings. The van der Waals surface area contributed by atoms with Crippen LogP contribution in [0, 0.1) is 23.4 Å². The number of nitrogens with one attached hydrogen (secondary N) is 2. The van der Waals surface area contributed by atoms with Gasteiger partial charge in [0.2, 0.25) is 0 Å². The van der Waals surface area contributed by atoms with E-state index in [0.717, 1.165) is 86.7 Å². The van der Waals surface area contributed by atoms with Gasteiger partial charge in [0.1, 0.15) is 23.1 Å². The van der Waals surface area contributed by atoms with Crippen LogP contribution >= 0.6 is 0 Å². The summed E-state index contributed by atoms with van der Waals surface area (Å²) in [6, 6.07) is 4.01. The molecule has 1 amide bonds. The predicted molar refractivity (Wildman–Crippen MR) is 134 cm³/mol. The first-order chi connectivity index (χ1) is 17.3. The van der Waals surface area contributed by atoms with Gasteiger partial charge in [-0.15, -0.1) is 0 Å². The standard InChI is InChI=1S/C26H27F3N6O/c1-14-5-4-10-35(13-14)24-15-6-3-9-31-25(15)32-12-20(24)33-26(36)23-19(30)11-18(29)22(34-23)21-16(27)7-2-8-17(21)28/h2,7-8,11-12,14H,3-6,9-10,13,30H2,1H3,(H,31,32)(H,33,36)/t14-/m0/s1. The maximum Gasteiger partial charge on any atom is 0.276 e. The zero-order valence-corrected chi connectivity index (χ0v) is 19.9. The molecule has 0 unspecified atom stereocenters. The molecule has 36 heavy (non-hydrogen) atoms. The van der Waals surface area contributed by atoms with E-state index in [-0.39, 0.29) is 11.4 Å². The smallest absolute Gasteiger partial charge is 0.276 e. The number of pyridine rings is 2. The predicted octanol–water partition coefficient (Wildman–Crippen LogP) is 4.99. The van der Waals surface area contributed by atoms with Crippen molar-refractivity contribution < 1.29 is 18.0 Å². The first-order valence-electron chi connectivity index (χ1n) is 12.1. The number of piperidine rings is 1. The number of rotatable bonds is 4. The fourth-order valence-electron chi connectivity index (χ4n) is 5.01. The Morgan fingerprint density at radius 2 is 1.97 bits per heavy atom. The van der Waals surface area contributed by atoms with Crippen molar-refractivity contribution >= 4 is 28.8 Å². The second kappa shape index (κ2) is 9.67.